The van der Waals surface area contributed by atoms with Crippen LogP contribution in [0.15, 0.2) is 42.5 Å². The van der Waals surface area contributed by atoms with Gasteiger partial charge in [-0.25, -0.2) is 4.98 Å². The summed E-state index contributed by atoms with van der Waals surface area (Å²) in [6, 6.07) is 13.0. The highest BCUT2D eigenvalue weighted by molar-refractivity contribution is 7.22. The predicted molar refractivity (Wildman–Crippen MR) is 114 cm³/mol. The minimum absolute atomic E-state index is 0.0799. The molecule has 0 saturated heterocycles. The molecule has 0 aliphatic rings. The number of rotatable bonds is 8. The maximum absolute atomic E-state index is 13.3. The van der Waals surface area contributed by atoms with Crippen LogP contribution in [0.5, 0.6) is 11.5 Å². The molecule has 2 aromatic carbocycles. The molecule has 1 heterocycles. The molecular weight excluding hydrogens is 374 g/mol. The third-order valence-corrected chi connectivity index (χ3v) is 5.41. The lowest BCUT2D eigenvalue weighted by Crippen LogP contribution is -2.33. The SMILES string of the molecule is COc1cccc(C(=O)N(CCCN(C)C)c2nc3ccc(OC)cc3s2)c1. The summed E-state index contributed by atoms with van der Waals surface area (Å²) in [5.41, 5.74) is 1.44. The molecule has 28 heavy (non-hydrogen) atoms. The second-order valence-corrected chi connectivity index (χ2v) is 7.68. The number of carbonyl (C=O) groups excluding carboxylic acids is 1. The maximum atomic E-state index is 13.3. The Labute approximate surface area is 169 Å². The first-order valence-electron chi connectivity index (χ1n) is 9.07. The highest BCUT2D eigenvalue weighted by Crippen LogP contribution is 2.32. The number of amides is 1. The van der Waals surface area contributed by atoms with Gasteiger partial charge in [-0.3, -0.25) is 9.69 Å². The number of benzene rings is 2. The van der Waals surface area contributed by atoms with Crippen molar-refractivity contribution in [2.45, 2.75) is 6.42 Å². The van der Waals surface area contributed by atoms with Gasteiger partial charge >= 0.3 is 0 Å². The van der Waals surface area contributed by atoms with E-state index < -0.39 is 0 Å². The van der Waals surface area contributed by atoms with Crippen molar-refractivity contribution in [1.29, 1.82) is 0 Å². The second-order valence-electron chi connectivity index (χ2n) is 6.68. The Morgan fingerprint density at radius 1 is 1.04 bits per heavy atom. The lowest BCUT2D eigenvalue weighted by Gasteiger charge is -2.21. The van der Waals surface area contributed by atoms with Gasteiger partial charge in [-0.05, 0) is 63.5 Å². The highest BCUT2D eigenvalue weighted by Gasteiger charge is 2.21. The Kier molecular flexibility index (Phi) is 6.49. The van der Waals surface area contributed by atoms with E-state index >= 15 is 0 Å². The standard InChI is InChI=1S/C21H25N3O3S/c1-23(2)11-6-12-24(20(25)15-7-5-8-16(13-15)26-3)21-22-18-10-9-17(27-4)14-19(18)28-21/h5,7-10,13-14H,6,11-12H2,1-4H3. The summed E-state index contributed by atoms with van der Waals surface area (Å²) < 4.78 is 11.6. The molecule has 0 atom stereocenters. The van der Waals surface area contributed by atoms with Crippen LogP contribution in [0.3, 0.4) is 0 Å². The molecule has 148 valence electrons. The van der Waals surface area contributed by atoms with Gasteiger partial charge < -0.3 is 14.4 Å². The monoisotopic (exact) mass is 399 g/mol. The molecule has 0 N–H and O–H groups in total. The Bertz CT molecular complexity index is 955. The average molecular weight is 400 g/mol. The molecule has 0 saturated carbocycles. The van der Waals surface area contributed by atoms with E-state index in [0.29, 0.717) is 23.0 Å². The zero-order valence-corrected chi connectivity index (χ0v) is 17.5. The fourth-order valence-corrected chi connectivity index (χ4v) is 3.89. The van der Waals surface area contributed by atoms with E-state index in [2.05, 4.69) is 4.90 Å². The van der Waals surface area contributed by atoms with Gasteiger partial charge in [-0.15, -0.1) is 0 Å². The van der Waals surface area contributed by atoms with Crippen molar-refractivity contribution < 1.29 is 14.3 Å². The summed E-state index contributed by atoms with van der Waals surface area (Å²) >= 11 is 1.50. The molecule has 3 aromatic rings. The molecule has 0 spiro atoms. The molecule has 6 nitrogen and oxygen atoms in total. The van der Waals surface area contributed by atoms with Crippen LogP contribution in [-0.2, 0) is 0 Å². The smallest absolute Gasteiger partial charge is 0.260 e. The van der Waals surface area contributed by atoms with E-state index in [4.69, 9.17) is 14.5 Å². The van der Waals surface area contributed by atoms with Crippen LogP contribution in [0, 0.1) is 0 Å². The Hall–Kier alpha value is -2.64. The van der Waals surface area contributed by atoms with Crippen molar-refractivity contribution in [2.75, 3.05) is 46.3 Å². The van der Waals surface area contributed by atoms with E-state index in [1.165, 1.54) is 11.3 Å². The summed E-state index contributed by atoms with van der Waals surface area (Å²) in [5, 5.41) is 0.690. The van der Waals surface area contributed by atoms with E-state index in [9.17, 15) is 4.79 Å². The Morgan fingerprint density at radius 3 is 2.50 bits per heavy atom. The Morgan fingerprint density at radius 2 is 1.79 bits per heavy atom. The number of aromatic nitrogens is 1. The molecule has 0 fully saturated rings. The molecule has 0 radical (unpaired) electrons. The topological polar surface area (TPSA) is 54.9 Å². The van der Waals surface area contributed by atoms with Crippen LogP contribution in [0.4, 0.5) is 5.13 Å². The van der Waals surface area contributed by atoms with Gasteiger partial charge in [0.05, 0.1) is 24.4 Å². The molecule has 3 rings (SSSR count). The van der Waals surface area contributed by atoms with Gasteiger partial charge in [0.15, 0.2) is 5.13 Å². The van der Waals surface area contributed by atoms with Crippen molar-refractivity contribution in [2.24, 2.45) is 0 Å². The van der Waals surface area contributed by atoms with E-state index in [1.54, 1.807) is 31.3 Å². The first kappa shape index (κ1) is 20.1. The maximum Gasteiger partial charge on any atom is 0.260 e. The number of methoxy groups -OCH3 is 2. The van der Waals surface area contributed by atoms with Crippen LogP contribution in [0.1, 0.15) is 16.8 Å². The minimum Gasteiger partial charge on any atom is -0.497 e. The van der Waals surface area contributed by atoms with Gasteiger partial charge in [-0.1, -0.05) is 17.4 Å². The fourth-order valence-electron chi connectivity index (χ4n) is 2.88. The number of thiazole rings is 1. The van der Waals surface area contributed by atoms with Crippen LogP contribution in [0.25, 0.3) is 10.2 Å². The number of ether oxygens (including phenoxy) is 2. The van der Waals surface area contributed by atoms with E-state index in [1.807, 2.05) is 44.4 Å². The molecule has 0 aliphatic carbocycles. The summed E-state index contributed by atoms with van der Waals surface area (Å²) in [4.78, 5) is 21.9. The first-order valence-corrected chi connectivity index (χ1v) is 9.88. The fraction of sp³-hybridized carbons (Fsp3) is 0.333. The van der Waals surface area contributed by atoms with Crippen molar-refractivity contribution in [3.63, 3.8) is 0 Å². The van der Waals surface area contributed by atoms with Crippen molar-refractivity contribution in [1.82, 2.24) is 9.88 Å². The summed E-state index contributed by atoms with van der Waals surface area (Å²) in [7, 11) is 7.29. The minimum atomic E-state index is -0.0799. The van der Waals surface area contributed by atoms with E-state index in [0.717, 1.165) is 28.9 Å². The first-order chi connectivity index (χ1) is 13.5. The summed E-state index contributed by atoms with van der Waals surface area (Å²) in [5.74, 6) is 1.36. The molecule has 1 aromatic heterocycles. The van der Waals surface area contributed by atoms with Crippen LogP contribution in [-0.4, -0.2) is 57.2 Å². The summed E-state index contributed by atoms with van der Waals surface area (Å²) in [6.45, 7) is 1.48. The molecule has 7 heteroatoms. The van der Waals surface area contributed by atoms with Gasteiger partial charge in [0.25, 0.3) is 5.91 Å². The molecule has 1 amide bonds. The van der Waals surface area contributed by atoms with Crippen molar-refractivity contribution >= 4 is 32.6 Å². The van der Waals surface area contributed by atoms with Gasteiger partial charge in [0.2, 0.25) is 0 Å². The lowest BCUT2D eigenvalue weighted by atomic mass is 10.2. The van der Waals surface area contributed by atoms with Crippen LogP contribution in [0.2, 0.25) is 0 Å². The number of fused-ring (bicyclic) bond motifs is 1. The van der Waals surface area contributed by atoms with Gasteiger partial charge in [0, 0.05) is 12.1 Å². The number of hydrogen-bond acceptors (Lipinski definition) is 6. The van der Waals surface area contributed by atoms with E-state index in [-0.39, 0.29) is 5.91 Å². The second kappa shape index (κ2) is 9.03. The van der Waals surface area contributed by atoms with Crippen LogP contribution < -0.4 is 14.4 Å². The number of carbonyl (C=O) groups is 1. The van der Waals surface area contributed by atoms with Gasteiger partial charge in [-0.2, -0.15) is 0 Å². The number of nitrogens with zero attached hydrogens (tertiary/aromatic N) is 3. The largest absolute Gasteiger partial charge is 0.497 e. The number of anilines is 1. The number of hydrogen-bond donors (Lipinski definition) is 0. The van der Waals surface area contributed by atoms with Crippen LogP contribution >= 0.6 is 11.3 Å². The highest BCUT2D eigenvalue weighted by atomic mass is 32.1. The summed E-state index contributed by atoms with van der Waals surface area (Å²) in [6.07, 6.45) is 0.849. The quantitative estimate of drug-likeness (QED) is 0.575. The predicted octanol–water partition coefficient (Wildman–Crippen LogP) is 3.91. The Balaban J connectivity index is 1.94. The molecule has 0 unspecified atom stereocenters. The van der Waals surface area contributed by atoms with Crippen molar-refractivity contribution in [3.05, 3.63) is 48.0 Å². The average Bonchev–Trinajstić information content (AvgIpc) is 3.13. The zero-order chi connectivity index (χ0) is 20.1. The molecular formula is C21H25N3O3S. The van der Waals surface area contributed by atoms with Crippen molar-refractivity contribution in [3.8, 4) is 11.5 Å². The normalized spacial score (nSPS) is 11.0. The molecule has 0 bridgehead atoms. The third kappa shape index (κ3) is 4.61. The third-order valence-electron chi connectivity index (χ3n) is 4.36. The van der Waals surface area contributed by atoms with Gasteiger partial charge in [0.1, 0.15) is 11.5 Å². The molecule has 0 aliphatic heterocycles. The lowest BCUT2D eigenvalue weighted by molar-refractivity contribution is 0.0985. The zero-order valence-electron chi connectivity index (χ0n) is 16.6.